The van der Waals surface area contributed by atoms with E-state index in [0.717, 1.165) is 5.56 Å². The van der Waals surface area contributed by atoms with Crippen molar-refractivity contribution in [3.63, 3.8) is 0 Å². The molecule has 1 aromatic carbocycles. The third-order valence-electron chi connectivity index (χ3n) is 7.02. The maximum atomic E-state index is 13.2. The van der Waals surface area contributed by atoms with Gasteiger partial charge in [0.25, 0.3) is 17.4 Å². The third-order valence-corrected chi connectivity index (χ3v) is 7.02. The van der Waals surface area contributed by atoms with Gasteiger partial charge in [0.2, 0.25) is 5.91 Å². The molecule has 11 heteroatoms. The normalized spacial score (nSPS) is 20.6. The van der Waals surface area contributed by atoms with Crippen molar-refractivity contribution in [1.29, 1.82) is 0 Å². The summed E-state index contributed by atoms with van der Waals surface area (Å²) in [7, 11) is 0. The smallest absolute Gasteiger partial charge is 0.276 e. The molecular weight excluding hydrogens is 464 g/mol. The molecule has 6 rings (SSSR count). The molecule has 11 nitrogen and oxygen atoms in total. The van der Waals surface area contributed by atoms with E-state index in [2.05, 4.69) is 15.7 Å². The summed E-state index contributed by atoms with van der Waals surface area (Å²) in [5, 5.41) is 9.93. The topological polar surface area (TPSA) is 128 Å². The van der Waals surface area contributed by atoms with E-state index in [1.807, 2.05) is 6.07 Å². The highest BCUT2D eigenvalue weighted by Crippen LogP contribution is 2.46. The van der Waals surface area contributed by atoms with E-state index in [0.29, 0.717) is 43.3 Å². The number of anilines is 1. The Kier molecular flexibility index (Phi) is 5.13. The summed E-state index contributed by atoms with van der Waals surface area (Å²) < 4.78 is 9.09. The Balaban J connectivity index is 1.22. The minimum Gasteiger partial charge on any atom is -0.487 e. The molecule has 0 bridgehead atoms. The van der Waals surface area contributed by atoms with Gasteiger partial charge in [0, 0.05) is 48.6 Å². The number of ether oxygens (including phenoxy) is 1. The van der Waals surface area contributed by atoms with Crippen molar-refractivity contribution in [2.45, 2.75) is 31.5 Å². The van der Waals surface area contributed by atoms with Gasteiger partial charge >= 0.3 is 0 Å². The lowest BCUT2D eigenvalue weighted by atomic mass is 9.96. The van der Waals surface area contributed by atoms with Crippen molar-refractivity contribution >= 4 is 23.4 Å². The summed E-state index contributed by atoms with van der Waals surface area (Å²) in [6.07, 6.45) is 1.36. The number of rotatable bonds is 4. The van der Waals surface area contributed by atoms with Crippen LogP contribution in [0, 0.1) is 0 Å². The number of amides is 3. The first-order valence-corrected chi connectivity index (χ1v) is 11.8. The Hall–Kier alpha value is -4.41. The SMILES string of the molecule is CC(C(=O)N1CC2Oc3cccc(NC(=O)c4cc5n(n4)CCNC5=O)c3C2C1)n1ccccc1=O. The fourth-order valence-corrected chi connectivity index (χ4v) is 5.23. The van der Waals surface area contributed by atoms with Crippen LogP contribution in [0.1, 0.15) is 45.4 Å². The maximum absolute atomic E-state index is 13.2. The van der Waals surface area contributed by atoms with Crippen LogP contribution in [0.25, 0.3) is 0 Å². The number of benzene rings is 1. The number of nitrogens with one attached hydrogen (secondary N) is 2. The van der Waals surface area contributed by atoms with Crippen LogP contribution in [-0.4, -0.2) is 62.7 Å². The van der Waals surface area contributed by atoms with Crippen molar-refractivity contribution in [3.8, 4) is 5.75 Å². The van der Waals surface area contributed by atoms with Crippen LogP contribution < -0.4 is 20.9 Å². The van der Waals surface area contributed by atoms with Gasteiger partial charge in [-0.2, -0.15) is 5.10 Å². The number of hydrogen-bond donors (Lipinski definition) is 2. The second-order valence-corrected chi connectivity index (χ2v) is 9.19. The molecule has 1 fully saturated rings. The highest BCUT2D eigenvalue weighted by molar-refractivity contribution is 6.05. The zero-order chi connectivity index (χ0) is 25.0. The second-order valence-electron chi connectivity index (χ2n) is 9.19. The fraction of sp³-hybridized carbons (Fsp3) is 0.320. The number of likely N-dealkylation sites (tertiary alicyclic amines) is 1. The van der Waals surface area contributed by atoms with Crippen LogP contribution in [0.3, 0.4) is 0 Å². The zero-order valence-electron chi connectivity index (χ0n) is 19.5. The number of hydrogen-bond acceptors (Lipinski definition) is 6. The molecule has 2 N–H and O–H groups in total. The number of nitrogens with zero attached hydrogens (tertiary/aromatic N) is 4. The molecule has 3 aromatic rings. The van der Waals surface area contributed by atoms with Crippen LogP contribution in [0.15, 0.2) is 53.5 Å². The number of fused-ring (bicyclic) bond motifs is 4. The molecule has 0 saturated carbocycles. The molecule has 3 amide bonds. The second kappa shape index (κ2) is 8.36. The van der Waals surface area contributed by atoms with Gasteiger partial charge in [0.05, 0.1) is 13.1 Å². The first-order chi connectivity index (χ1) is 17.4. The van der Waals surface area contributed by atoms with Gasteiger partial charge in [-0.05, 0) is 25.1 Å². The average Bonchev–Trinajstić information content (AvgIpc) is 3.57. The van der Waals surface area contributed by atoms with Gasteiger partial charge in [-0.15, -0.1) is 0 Å². The Labute approximate surface area is 205 Å². The highest BCUT2D eigenvalue weighted by atomic mass is 16.5. The van der Waals surface area contributed by atoms with Crippen LogP contribution >= 0.6 is 0 Å². The number of carbonyl (C=O) groups excluding carboxylic acids is 3. The predicted molar refractivity (Wildman–Crippen MR) is 128 cm³/mol. The molecule has 36 heavy (non-hydrogen) atoms. The Morgan fingerprint density at radius 1 is 1.17 bits per heavy atom. The highest BCUT2D eigenvalue weighted by Gasteiger charge is 2.45. The summed E-state index contributed by atoms with van der Waals surface area (Å²) in [6, 6.07) is 11.1. The van der Waals surface area contributed by atoms with Crippen molar-refractivity contribution in [1.82, 2.24) is 24.6 Å². The lowest BCUT2D eigenvalue weighted by Gasteiger charge is -2.23. The van der Waals surface area contributed by atoms with Gasteiger partial charge in [-0.3, -0.25) is 23.9 Å². The van der Waals surface area contributed by atoms with Crippen LogP contribution in [-0.2, 0) is 11.3 Å². The van der Waals surface area contributed by atoms with Gasteiger partial charge in [-0.25, -0.2) is 0 Å². The molecule has 0 spiro atoms. The lowest BCUT2D eigenvalue weighted by Crippen LogP contribution is -2.38. The molecule has 1 saturated heterocycles. The Bertz CT molecular complexity index is 1460. The third kappa shape index (κ3) is 3.55. The number of carbonyl (C=O) groups is 3. The predicted octanol–water partition coefficient (Wildman–Crippen LogP) is 0.988. The first kappa shape index (κ1) is 22.1. The number of aromatic nitrogens is 3. The van der Waals surface area contributed by atoms with E-state index in [9.17, 15) is 19.2 Å². The Morgan fingerprint density at radius 2 is 2.03 bits per heavy atom. The monoisotopic (exact) mass is 488 g/mol. The summed E-state index contributed by atoms with van der Waals surface area (Å²) in [6.45, 7) is 3.48. The van der Waals surface area contributed by atoms with Crippen molar-refractivity contribution < 1.29 is 19.1 Å². The summed E-state index contributed by atoms with van der Waals surface area (Å²) in [4.78, 5) is 52.2. The zero-order valence-corrected chi connectivity index (χ0v) is 19.5. The minimum absolute atomic E-state index is 0.124. The van der Waals surface area contributed by atoms with E-state index in [1.165, 1.54) is 21.4 Å². The minimum atomic E-state index is -0.643. The van der Waals surface area contributed by atoms with Crippen LogP contribution in [0.2, 0.25) is 0 Å². The van der Waals surface area contributed by atoms with Gasteiger partial charge in [0.15, 0.2) is 5.69 Å². The quantitative estimate of drug-likeness (QED) is 0.564. The van der Waals surface area contributed by atoms with Gasteiger partial charge in [0.1, 0.15) is 23.6 Å². The van der Waals surface area contributed by atoms with E-state index in [1.54, 1.807) is 42.3 Å². The Morgan fingerprint density at radius 3 is 2.83 bits per heavy atom. The van der Waals surface area contributed by atoms with E-state index < -0.39 is 11.9 Å². The fourth-order valence-electron chi connectivity index (χ4n) is 5.23. The summed E-state index contributed by atoms with van der Waals surface area (Å²) in [5.41, 5.74) is 1.69. The van der Waals surface area contributed by atoms with E-state index in [4.69, 9.17) is 4.74 Å². The molecule has 0 radical (unpaired) electrons. The molecule has 2 aromatic heterocycles. The van der Waals surface area contributed by atoms with Gasteiger partial charge in [-0.1, -0.05) is 12.1 Å². The summed E-state index contributed by atoms with van der Waals surface area (Å²) >= 11 is 0. The average molecular weight is 489 g/mol. The maximum Gasteiger partial charge on any atom is 0.276 e. The van der Waals surface area contributed by atoms with Crippen molar-refractivity contribution in [2.24, 2.45) is 0 Å². The molecule has 184 valence electrons. The molecule has 0 aliphatic carbocycles. The van der Waals surface area contributed by atoms with Crippen LogP contribution in [0.4, 0.5) is 5.69 Å². The van der Waals surface area contributed by atoms with E-state index in [-0.39, 0.29) is 35.1 Å². The summed E-state index contributed by atoms with van der Waals surface area (Å²) in [5.74, 6) is -0.296. The first-order valence-electron chi connectivity index (χ1n) is 11.8. The van der Waals surface area contributed by atoms with E-state index >= 15 is 0 Å². The molecule has 3 aliphatic heterocycles. The largest absolute Gasteiger partial charge is 0.487 e. The lowest BCUT2D eigenvalue weighted by molar-refractivity contribution is -0.133. The molecular formula is C25H24N6O5. The molecule has 3 unspecified atom stereocenters. The molecule has 5 heterocycles. The van der Waals surface area contributed by atoms with Crippen molar-refractivity contribution in [3.05, 3.63) is 76.0 Å². The van der Waals surface area contributed by atoms with Crippen molar-refractivity contribution in [2.75, 3.05) is 25.0 Å². The molecule has 3 atom stereocenters. The molecule has 3 aliphatic rings. The van der Waals surface area contributed by atoms with Crippen LogP contribution in [0.5, 0.6) is 5.75 Å². The number of pyridine rings is 1. The standard InChI is InChI=1S/C25H24N6O5/c1-14(30-9-3-2-7-21(30)32)25(35)29-12-15-20(13-29)36-19-6-4-5-16(22(15)19)27-23(33)17-11-18-24(34)26-8-10-31(18)28-17/h2-7,9,11,14-15,20H,8,10,12-13H2,1H3,(H,26,34)(H,27,33). The van der Waals surface area contributed by atoms with Gasteiger partial charge < -0.3 is 24.8 Å².